The molecule has 1 saturated heterocycles. The highest BCUT2D eigenvalue weighted by atomic mass is 32.2. The zero-order chi connectivity index (χ0) is 26.4. The van der Waals surface area contributed by atoms with Crippen molar-refractivity contribution in [2.45, 2.75) is 31.3 Å². The number of sulfonamides is 1. The first-order valence-corrected chi connectivity index (χ1v) is 13.8. The number of carbonyl (C=O) groups is 2. The molecule has 194 valence electrons. The smallest absolute Gasteiger partial charge is 0.255 e. The predicted octanol–water partition coefficient (Wildman–Crippen LogP) is 3.58. The number of rotatable bonds is 8. The molecule has 0 spiro atoms. The van der Waals surface area contributed by atoms with Crippen molar-refractivity contribution in [1.29, 1.82) is 0 Å². The van der Waals surface area contributed by atoms with Crippen molar-refractivity contribution < 1.29 is 18.0 Å². The van der Waals surface area contributed by atoms with E-state index < -0.39 is 10.0 Å². The number of hydrogen-bond acceptors (Lipinski definition) is 5. The molecule has 0 aromatic heterocycles. The molecule has 0 unspecified atom stereocenters. The lowest BCUT2D eigenvalue weighted by Crippen LogP contribution is -2.48. The Morgan fingerprint density at radius 2 is 1.43 bits per heavy atom. The minimum absolute atomic E-state index is 0.0138. The Bertz CT molecular complexity index is 1330. The van der Waals surface area contributed by atoms with Crippen LogP contribution in [0.3, 0.4) is 0 Å². The second-order valence-corrected chi connectivity index (χ2v) is 11.3. The normalized spacial score (nSPS) is 14.9. The van der Waals surface area contributed by atoms with Crippen molar-refractivity contribution in [1.82, 2.24) is 14.5 Å². The van der Waals surface area contributed by atoms with Crippen molar-refractivity contribution in [3.05, 3.63) is 95.6 Å². The SMILES string of the molecule is CC(C)NC(=O)c1ccccc1NC(=O)c1ccc(CN2CCN(S(=O)(=O)c3ccccc3)CC2)cc1. The lowest BCUT2D eigenvalue weighted by Gasteiger charge is -2.34. The lowest BCUT2D eigenvalue weighted by molar-refractivity contribution is 0.0944. The van der Waals surface area contributed by atoms with E-state index in [2.05, 4.69) is 15.5 Å². The Labute approximate surface area is 218 Å². The van der Waals surface area contributed by atoms with E-state index in [-0.39, 0.29) is 17.9 Å². The summed E-state index contributed by atoms with van der Waals surface area (Å²) in [5, 5.41) is 5.69. The standard InChI is InChI=1S/C28H32N4O4S/c1-21(2)29-28(34)25-10-6-7-11-26(25)30-27(33)23-14-12-22(13-15-23)20-31-16-18-32(19-17-31)37(35,36)24-8-4-3-5-9-24/h3-15,21H,16-20H2,1-2H3,(H,29,34)(H,30,33). The Kier molecular flexibility index (Phi) is 8.38. The molecule has 0 radical (unpaired) electrons. The first-order chi connectivity index (χ1) is 17.7. The summed E-state index contributed by atoms with van der Waals surface area (Å²) in [5.74, 6) is -0.533. The Morgan fingerprint density at radius 1 is 0.811 bits per heavy atom. The van der Waals surface area contributed by atoms with Crippen molar-refractivity contribution in [3.8, 4) is 0 Å². The second-order valence-electron chi connectivity index (χ2n) is 9.32. The fraction of sp³-hybridized carbons (Fsp3) is 0.286. The number of piperazine rings is 1. The molecule has 1 fully saturated rings. The molecule has 3 aromatic rings. The fourth-order valence-electron chi connectivity index (χ4n) is 4.21. The Hall–Kier alpha value is -3.53. The summed E-state index contributed by atoms with van der Waals surface area (Å²) in [5.41, 5.74) is 2.39. The molecule has 37 heavy (non-hydrogen) atoms. The van der Waals surface area contributed by atoms with Gasteiger partial charge in [-0.3, -0.25) is 14.5 Å². The van der Waals surface area contributed by atoms with Crippen LogP contribution < -0.4 is 10.6 Å². The van der Waals surface area contributed by atoms with Gasteiger partial charge < -0.3 is 10.6 Å². The first-order valence-electron chi connectivity index (χ1n) is 12.3. The number of hydrogen-bond donors (Lipinski definition) is 2. The zero-order valence-corrected chi connectivity index (χ0v) is 21.9. The summed E-state index contributed by atoms with van der Waals surface area (Å²) >= 11 is 0. The van der Waals surface area contributed by atoms with Crippen LogP contribution in [0.5, 0.6) is 0 Å². The van der Waals surface area contributed by atoms with Gasteiger partial charge in [0.25, 0.3) is 11.8 Å². The monoisotopic (exact) mass is 520 g/mol. The van der Waals surface area contributed by atoms with Crippen molar-refractivity contribution in [2.24, 2.45) is 0 Å². The van der Waals surface area contributed by atoms with Crippen molar-refractivity contribution >= 4 is 27.5 Å². The van der Waals surface area contributed by atoms with Crippen LogP contribution in [0.25, 0.3) is 0 Å². The van der Waals surface area contributed by atoms with Gasteiger partial charge in [0.15, 0.2) is 0 Å². The highest BCUT2D eigenvalue weighted by molar-refractivity contribution is 7.89. The number of anilines is 1. The van der Waals surface area contributed by atoms with Crippen LogP contribution in [0.1, 0.15) is 40.1 Å². The fourth-order valence-corrected chi connectivity index (χ4v) is 5.66. The minimum atomic E-state index is -3.48. The van der Waals surface area contributed by atoms with Crippen LogP contribution >= 0.6 is 0 Å². The average molecular weight is 521 g/mol. The van der Waals surface area contributed by atoms with Crippen LogP contribution in [0.2, 0.25) is 0 Å². The molecule has 4 rings (SSSR count). The van der Waals surface area contributed by atoms with E-state index in [1.54, 1.807) is 66.7 Å². The summed E-state index contributed by atoms with van der Waals surface area (Å²) in [6.07, 6.45) is 0. The third kappa shape index (κ3) is 6.62. The molecule has 1 aliphatic rings. The van der Waals surface area contributed by atoms with E-state index in [9.17, 15) is 18.0 Å². The number of benzene rings is 3. The van der Waals surface area contributed by atoms with Gasteiger partial charge in [-0.2, -0.15) is 4.31 Å². The maximum absolute atomic E-state index is 12.8. The van der Waals surface area contributed by atoms with E-state index in [0.717, 1.165) is 5.56 Å². The predicted molar refractivity (Wildman–Crippen MR) is 144 cm³/mol. The molecular formula is C28H32N4O4S. The van der Waals surface area contributed by atoms with Crippen LogP contribution in [-0.4, -0.2) is 61.7 Å². The maximum Gasteiger partial charge on any atom is 0.255 e. The minimum Gasteiger partial charge on any atom is -0.350 e. The average Bonchev–Trinajstić information content (AvgIpc) is 2.90. The van der Waals surface area contributed by atoms with Gasteiger partial charge >= 0.3 is 0 Å². The van der Waals surface area contributed by atoms with Crippen LogP contribution in [0.15, 0.2) is 83.8 Å². The van der Waals surface area contributed by atoms with E-state index >= 15 is 0 Å². The summed E-state index contributed by atoms with van der Waals surface area (Å²) in [4.78, 5) is 27.8. The molecule has 8 nitrogen and oxygen atoms in total. The number of amides is 2. The highest BCUT2D eigenvalue weighted by Crippen LogP contribution is 2.19. The third-order valence-electron chi connectivity index (χ3n) is 6.17. The van der Waals surface area contributed by atoms with Crippen LogP contribution in [-0.2, 0) is 16.6 Å². The molecule has 0 saturated carbocycles. The lowest BCUT2D eigenvalue weighted by atomic mass is 10.1. The van der Waals surface area contributed by atoms with Gasteiger partial charge in [0.1, 0.15) is 0 Å². The van der Waals surface area contributed by atoms with E-state index in [1.807, 2.05) is 26.0 Å². The molecule has 0 aliphatic carbocycles. The quantitative estimate of drug-likeness (QED) is 0.473. The molecule has 0 bridgehead atoms. The van der Waals surface area contributed by atoms with E-state index in [4.69, 9.17) is 0 Å². The molecule has 0 atom stereocenters. The maximum atomic E-state index is 12.8. The molecule has 2 N–H and O–H groups in total. The van der Waals surface area contributed by atoms with Gasteiger partial charge in [0.05, 0.1) is 16.1 Å². The number of nitrogens with zero attached hydrogens (tertiary/aromatic N) is 2. The van der Waals surface area contributed by atoms with E-state index in [0.29, 0.717) is 54.4 Å². The summed E-state index contributed by atoms with van der Waals surface area (Å²) in [6, 6.07) is 22.7. The van der Waals surface area contributed by atoms with Gasteiger partial charge in [-0.25, -0.2) is 8.42 Å². The number of nitrogens with one attached hydrogen (secondary N) is 2. The van der Waals surface area contributed by atoms with Gasteiger partial charge in [-0.05, 0) is 55.8 Å². The van der Waals surface area contributed by atoms with Gasteiger partial charge in [0.2, 0.25) is 10.0 Å². The van der Waals surface area contributed by atoms with Gasteiger partial charge in [-0.1, -0.05) is 42.5 Å². The molecule has 1 aliphatic heterocycles. The summed E-state index contributed by atoms with van der Waals surface area (Å²) < 4.78 is 27.2. The van der Waals surface area contributed by atoms with E-state index in [1.165, 1.54) is 4.31 Å². The van der Waals surface area contributed by atoms with Crippen molar-refractivity contribution in [3.63, 3.8) is 0 Å². The zero-order valence-electron chi connectivity index (χ0n) is 21.1. The second kappa shape index (κ2) is 11.7. The van der Waals surface area contributed by atoms with Gasteiger partial charge in [-0.15, -0.1) is 0 Å². The summed E-state index contributed by atoms with van der Waals surface area (Å²) in [6.45, 7) is 6.55. The molecule has 2 amide bonds. The molecular weight excluding hydrogens is 488 g/mol. The molecule has 3 aromatic carbocycles. The third-order valence-corrected chi connectivity index (χ3v) is 8.09. The molecule has 1 heterocycles. The van der Waals surface area contributed by atoms with Gasteiger partial charge in [0, 0.05) is 44.3 Å². The topological polar surface area (TPSA) is 98.8 Å². The Morgan fingerprint density at radius 3 is 2.08 bits per heavy atom. The molecule has 9 heteroatoms. The summed E-state index contributed by atoms with van der Waals surface area (Å²) in [7, 11) is -3.48. The highest BCUT2D eigenvalue weighted by Gasteiger charge is 2.28. The number of para-hydroxylation sites is 1. The van der Waals surface area contributed by atoms with Crippen molar-refractivity contribution in [2.75, 3.05) is 31.5 Å². The van der Waals surface area contributed by atoms with Crippen LogP contribution in [0.4, 0.5) is 5.69 Å². The number of carbonyl (C=O) groups excluding carboxylic acids is 2. The van der Waals surface area contributed by atoms with Crippen LogP contribution in [0, 0.1) is 0 Å². The first kappa shape index (κ1) is 26.5. The largest absolute Gasteiger partial charge is 0.350 e. The Balaban J connectivity index is 1.33.